The van der Waals surface area contributed by atoms with Gasteiger partial charge in [0.25, 0.3) is 0 Å². The molecule has 0 bridgehead atoms. The molecule has 1 aromatic carbocycles. The Kier molecular flexibility index (Phi) is 9.59. The zero-order chi connectivity index (χ0) is 28.8. The molecule has 11 heteroatoms. The fraction of sp³-hybridized carbons (Fsp3) is 0.483. The summed E-state index contributed by atoms with van der Waals surface area (Å²) in [5, 5.41) is 11.3. The van der Waals surface area contributed by atoms with E-state index in [4.69, 9.17) is 4.74 Å². The number of pyridine rings is 1. The van der Waals surface area contributed by atoms with Crippen LogP contribution in [0.5, 0.6) is 0 Å². The van der Waals surface area contributed by atoms with Gasteiger partial charge >= 0.3 is 0 Å². The summed E-state index contributed by atoms with van der Waals surface area (Å²) in [6.07, 6.45) is 5.32. The maximum Gasteiger partial charge on any atom is 0.244 e. The predicted octanol–water partition coefficient (Wildman–Crippen LogP) is 3.06. The second kappa shape index (κ2) is 13.1. The van der Waals surface area contributed by atoms with Crippen molar-refractivity contribution in [3.05, 3.63) is 71.6 Å². The number of aryl methyl sites for hydroxylation is 1. The van der Waals surface area contributed by atoms with Gasteiger partial charge in [-0.25, -0.2) is 4.39 Å². The number of methoxy groups -OCH3 is 1. The van der Waals surface area contributed by atoms with Gasteiger partial charge in [0.05, 0.1) is 29.8 Å². The topological polar surface area (TPSA) is 105 Å². The van der Waals surface area contributed by atoms with Gasteiger partial charge in [0.1, 0.15) is 11.9 Å². The molecule has 214 valence electrons. The highest BCUT2D eigenvalue weighted by molar-refractivity contribution is 5.89. The van der Waals surface area contributed by atoms with Crippen LogP contribution >= 0.6 is 0 Å². The largest absolute Gasteiger partial charge is 0.385 e. The third-order valence-electron chi connectivity index (χ3n) is 7.28. The van der Waals surface area contributed by atoms with Crippen LogP contribution in [0.4, 0.5) is 4.39 Å². The second-order valence-electron chi connectivity index (χ2n) is 10.5. The first kappa shape index (κ1) is 29.3. The lowest BCUT2D eigenvalue weighted by molar-refractivity contribution is -0.151. The lowest BCUT2D eigenvalue weighted by Crippen LogP contribution is -2.65. The van der Waals surface area contributed by atoms with Crippen molar-refractivity contribution in [1.82, 2.24) is 35.1 Å². The first-order chi connectivity index (χ1) is 19.2. The summed E-state index contributed by atoms with van der Waals surface area (Å²) in [5.41, 5.74) is 2.55. The number of hydrogen-bond acceptors (Lipinski definition) is 7. The number of nitrogens with zero attached hydrogens (tertiary/aromatic N) is 6. The van der Waals surface area contributed by atoms with Crippen molar-refractivity contribution >= 4 is 11.8 Å². The lowest BCUT2D eigenvalue weighted by atomic mass is 9.97. The molecular formula is C29H38FN7O3. The number of carbonyl (C=O) groups is 2. The number of piperazine rings is 1. The fourth-order valence-electron chi connectivity index (χ4n) is 5.17. The van der Waals surface area contributed by atoms with Crippen LogP contribution in [0.1, 0.15) is 50.1 Å². The molecule has 1 aliphatic rings. The summed E-state index contributed by atoms with van der Waals surface area (Å²) in [6, 6.07) is 7.79. The van der Waals surface area contributed by atoms with Crippen molar-refractivity contribution in [2.45, 2.75) is 58.8 Å². The minimum Gasteiger partial charge on any atom is -0.385 e. The van der Waals surface area contributed by atoms with Crippen molar-refractivity contribution in [2.24, 2.45) is 5.92 Å². The predicted molar refractivity (Wildman–Crippen MR) is 148 cm³/mol. The molecule has 3 aromatic rings. The Hall–Kier alpha value is -3.70. The summed E-state index contributed by atoms with van der Waals surface area (Å²) in [4.78, 5) is 36.6. The third-order valence-corrected chi connectivity index (χ3v) is 7.28. The molecule has 1 N–H and O–H groups in total. The van der Waals surface area contributed by atoms with Crippen molar-refractivity contribution in [1.29, 1.82) is 0 Å². The number of benzene rings is 1. The van der Waals surface area contributed by atoms with Crippen LogP contribution < -0.4 is 5.32 Å². The van der Waals surface area contributed by atoms with Crippen LogP contribution in [0, 0.1) is 18.7 Å². The summed E-state index contributed by atoms with van der Waals surface area (Å²) in [6.45, 7) is 8.74. The number of rotatable bonds is 10. The maximum atomic E-state index is 15.2. The van der Waals surface area contributed by atoms with Crippen molar-refractivity contribution in [3.8, 4) is 5.69 Å². The van der Waals surface area contributed by atoms with Gasteiger partial charge in [0, 0.05) is 51.5 Å². The van der Waals surface area contributed by atoms with Crippen LogP contribution in [0.15, 0.2) is 48.9 Å². The van der Waals surface area contributed by atoms with Gasteiger partial charge in [0.2, 0.25) is 11.8 Å². The molecule has 1 aliphatic heterocycles. The second-order valence-corrected chi connectivity index (χ2v) is 10.5. The van der Waals surface area contributed by atoms with E-state index in [2.05, 4.69) is 25.4 Å². The molecule has 0 spiro atoms. The van der Waals surface area contributed by atoms with E-state index in [0.29, 0.717) is 37.4 Å². The molecule has 4 rings (SSSR count). The molecule has 2 aromatic heterocycles. The van der Waals surface area contributed by atoms with Crippen LogP contribution in [0.25, 0.3) is 5.69 Å². The van der Waals surface area contributed by atoms with Gasteiger partial charge in [-0.2, -0.15) is 15.0 Å². The van der Waals surface area contributed by atoms with Crippen LogP contribution in [0.3, 0.4) is 0 Å². The smallest absolute Gasteiger partial charge is 0.244 e. The Labute approximate surface area is 234 Å². The molecule has 3 atom stereocenters. The van der Waals surface area contributed by atoms with E-state index in [9.17, 15) is 9.59 Å². The minimum absolute atomic E-state index is 0.0864. The first-order valence-electron chi connectivity index (χ1n) is 13.6. The van der Waals surface area contributed by atoms with E-state index in [-0.39, 0.29) is 36.1 Å². The molecule has 10 nitrogen and oxygen atoms in total. The van der Waals surface area contributed by atoms with E-state index in [1.165, 1.54) is 4.80 Å². The Morgan fingerprint density at radius 1 is 1.10 bits per heavy atom. The third kappa shape index (κ3) is 6.53. The molecule has 1 fully saturated rings. The monoisotopic (exact) mass is 551 g/mol. The standard InChI is InChI=1S/C29H38FN7O3/c1-19(2)29(39)36-21(4)17-35(24(11-15-40-5)27-26(30)20(3)10-12-31-27)18-25(36)28(38)32-16-22-6-8-23(9-7-22)37-33-13-14-34-37/h6-10,12-14,19,21,24-25H,11,15-18H2,1-5H3,(H,32,38)/t21-,24-,25-/m1/s1. The van der Waals surface area contributed by atoms with E-state index < -0.39 is 12.1 Å². The highest BCUT2D eigenvalue weighted by Crippen LogP contribution is 2.31. The van der Waals surface area contributed by atoms with E-state index in [1.54, 1.807) is 43.6 Å². The van der Waals surface area contributed by atoms with E-state index in [0.717, 1.165) is 11.3 Å². The van der Waals surface area contributed by atoms with E-state index in [1.807, 2.05) is 45.0 Å². The summed E-state index contributed by atoms with van der Waals surface area (Å²) in [7, 11) is 1.60. The van der Waals surface area contributed by atoms with E-state index >= 15 is 4.39 Å². The van der Waals surface area contributed by atoms with Crippen LogP contribution in [-0.4, -0.2) is 80.5 Å². The van der Waals surface area contributed by atoms with Gasteiger partial charge in [0.15, 0.2) is 0 Å². The SMILES string of the molecule is COCC[C@H](c1nccc(C)c1F)N1C[C@@H](C)N(C(=O)C(C)C)[C@@H](C(=O)NCc2ccc(-n3nccn3)cc2)C1. The lowest BCUT2D eigenvalue weighted by Gasteiger charge is -2.47. The first-order valence-corrected chi connectivity index (χ1v) is 13.6. The van der Waals surface area contributed by atoms with Crippen molar-refractivity contribution in [3.63, 3.8) is 0 Å². The Bertz CT molecular complexity index is 1280. The van der Waals surface area contributed by atoms with Gasteiger partial charge in [-0.1, -0.05) is 26.0 Å². The number of carbonyl (C=O) groups excluding carboxylic acids is 2. The molecule has 3 heterocycles. The zero-order valence-electron chi connectivity index (χ0n) is 23.7. The van der Waals surface area contributed by atoms with Gasteiger partial charge < -0.3 is 15.0 Å². The molecule has 0 saturated carbocycles. The van der Waals surface area contributed by atoms with Crippen LogP contribution in [-0.2, 0) is 20.9 Å². The highest BCUT2D eigenvalue weighted by Gasteiger charge is 2.42. The quantitative estimate of drug-likeness (QED) is 0.413. The molecule has 1 saturated heterocycles. The molecule has 0 radical (unpaired) electrons. The number of ether oxygens (including phenoxy) is 1. The Morgan fingerprint density at radius 2 is 1.80 bits per heavy atom. The minimum atomic E-state index is -0.746. The highest BCUT2D eigenvalue weighted by atomic mass is 19.1. The van der Waals surface area contributed by atoms with Gasteiger partial charge in [-0.05, 0) is 49.6 Å². The molecule has 2 amide bonds. The summed E-state index contributed by atoms with van der Waals surface area (Å²) < 4.78 is 20.6. The fourth-order valence-corrected chi connectivity index (χ4v) is 5.17. The molecule has 0 aliphatic carbocycles. The van der Waals surface area contributed by atoms with Gasteiger partial charge in [-0.3, -0.25) is 19.5 Å². The normalized spacial score (nSPS) is 18.6. The average Bonchev–Trinajstić information content (AvgIpc) is 3.49. The number of nitrogens with one attached hydrogen (secondary N) is 1. The molecule has 0 unspecified atom stereocenters. The number of hydrogen-bond donors (Lipinski definition) is 1. The van der Waals surface area contributed by atoms with Crippen LogP contribution in [0.2, 0.25) is 0 Å². The molecular weight excluding hydrogens is 513 g/mol. The summed E-state index contributed by atoms with van der Waals surface area (Å²) >= 11 is 0. The Balaban J connectivity index is 1.56. The Morgan fingerprint density at radius 3 is 2.45 bits per heavy atom. The zero-order valence-corrected chi connectivity index (χ0v) is 23.7. The van der Waals surface area contributed by atoms with Crippen molar-refractivity contribution in [2.75, 3.05) is 26.8 Å². The summed E-state index contributed by atoms with van der Waals surface area (Å²) in [5.74, 6) is -0.970. The van der Waals surface area contributed by atoms with Crippen molar-refractivity contribution < 1.29 is 18.7 Å². The average molecular weight is 552 g/mol. The number of amides is 2. The maximum absolute atomic E-state index is 15.2. The number of halogens is 1. The van der Waals surface area contributed by atoms with Gasteiger partial charge in [-0.15, -0.1) is 0 Å². The number of aromatic nitrogens is 4. The molecule has 40 heavy (non-hydrogen) atoms.